The van der Waals surface area contributed by atoms with Crippen molar-refractivity contribution in [3.8, 4) is 5.75 Å². The molecule has 96 valence electrons. The fraction of sp³-hybridized carbons (Fsp3) is 0.286. The number of hydrogen-bond acceptors (Lipinski definition) is 4. The zero-order chi connectivity index (χ0) is 13.0. The molecule has 0 aliphatic carbocycles. The highest BCUT2D eigenvalue weighted by molar-refractivity contribution is 7.10. The van der Waals surface area contributed by atoms with Crippen LogP contribution in [-0.2, 0) is 0 Å². The summed E-state index contributed by atoms with van der Waals surface area (Å²) >= 11 is 1.75. The van der Waals surface area contributed by atoms with Crippen molar-refractivity contribution in [2.24, 2.45) is 0 Å². The van der Waals surface area contributed by atoms with Gasteiger partial charge in [-0.2, -0.15) is 0 Å². The number of anilines is 2. The summed E-state index contributed by atoms with van der Waals surface area (Å²) in [5, 5.41) is 5.53. The smallest absolute Gasteiger partial charge is 0.144 e. The molecular formula is C14H18N2OS. The average Bonchev–Trinajstić information content (AvgIpc) is 2.87. The van der Waals surface area contributed by atoms with Crippen molar-refractivity contribution in [2.45, 2.75) is 19.9 Å². The molecule has 0 spiro atoms. The molecule has 0 fully saturated rings. The number of benzene rings is 1. The predicted molar refractivity (Wildman–Crippen MR) is 78.4 cm³/mol. The SMILES string of the molecule is CCOc1cc(NC(C)c2cccs2)ccc1N. The minimum Gasteiger partial charge on any atom is -0.492 e. The quantitative estimate of drug-likeness (QED) is 0.803. The van der Waals surface area contributed by atoms with Crippen LogP contribution in [0.15, 0.2) is 35.7 Å². The molecule has 2 rings (SSSR count). The Hall–Kier alpha value is -1.68. The lowest BCUT2D eigenvalue weighted by atomic mass is 10.2. The first-order valence-electron chi connectivity index (χ1n) is 6.03. The molecule has 4 heteroatoms. The standard InChI is InChI=1S/C14H18N2OS/c1-3-17-13-9-11(6-7-12(13)15)16-10(2)14-5-4-8-18-14/h4-10,16H,3,15H2,1-2H3. The molecule has 0 saturated heterocycles. The first-order valence-corrected chi connectivity index (χ1v) is 6.91. The Morgan fingerprint density at radius 1 is 1.39 bits per heavy atom. The van der Waals surface area contributed by atoms with Gasteiger partial charge in [0.05, 0.1) is 18.3 Å². The number of nitrogens with one attached hydrogen (secondary N) is 1. The van der Waals surface area contributed by atoms with Crippen LogP contribution < -0.4 is 15.8 Å². The first-order chi connectivity index (χ1) is 8.70. The number of thiophene rings is 1. The minimum absolute atomic E-state index is 0.281. The van der Waals surface area contributed by atoms with Gasteiger partial charge in [0.15, 0.2) is 0 Å². The topological polar surface area (TPSA) is 47.3 Å². The Bertz CT molecular complexity index is 497. The molecule has 1 aromatic heterocycles. The molecule has 3 N–H and O–H groups in total. The lowest BCUT2D eigenvalue weighted by Gasteiger charge is -2.15. The van der Waals surface area contributed by atoms with Gasteiger partial charge in [-0.1, -0.05) is 6.07 Å². The van der Waals surface area contributed by atoms with Gasteiger partial charge in [-0.25, -0.2) is 0 Å². The summed E-state index contributed by atoms with van der Waals surface area (Å²) in [4.78, 5) is 1.31. The lowest BCUT2D eigenvalue weighted by Crippen LogP contribution is -2.05. The third kappa shape index (κ3) is 2.96. The molecule has 18 heavy (non-hydrogen) atoms. The van der Waals surface area contributed by atoms with Crippen molar-refractivity contribution in [1.29, 1.82) is 0 Å². The molecule has 0 aliphatic rings. The third-order valence-corrected chi connectivity index (χ3v) is 3.72. The largest absolute Gasteiger partial charge is 0.492 e. The highest BCUT2D eigenvalue weighted by Gasteiger charge is 2.07. The van der Waals surface area contributed by atoms with E-state index in [2.05, 4.69) is 29.8 Å². The van der Waals surface area contributed by atoms with Gasteiger partial charge >= 0.3 is 0 Å². The zero-order valence-corrected chi connectivity index (χ0v) is 11.5. The van der Waals surface area contributed by atoms with Crippen molar-refractivity contribution in [2.75, 3.05) is 17.7 Å². The fourth-order valence-corrected chi connectivity index (χ4v) is 2.50. The number of ether oxygens (including phenoxy) is 1. The Kier molecular flexibility index (Phi) is 4.10. The normalized spacial score (nSPS) is 12.1. The van der Waals surface area contributed by atoms with Gasteiger partial charge < -0.3 is 15.8 Å². The van der Waals surface area contributed by atoms with Gasteiger partial charge in [0, 0.05) is 16.6 Å². The van der Waals surface area contributed by atoms with E-state index in [9.17, 15) is 0 Å². The lowest BCUT2D eigenvalue weighted by molar-refractivity contribution is 0.342. The van der Waals surface area contributed by atoms with E-state index in [1.807, 2.05) is 25.1 Å². The van der Waals surface area contributed by atoms with Gasteiger partial charge in [0.25, 0.3) is 0 Å². The van der Waals surface area contributed by atoms with Crippen molar-refractivity contribution in [3.05, 3.63) is 40.6 Å². The molecule has 1 atom stereocenters. The summed E-state index contributed by atoms with van der Waals surface area (Å²) in [5.41, 5.74) is 7.54. The molecule has 0 radical (unpaired) electrons. The van der Waals surface area contributed by atoms with Crippen LogP contribution in [0.5, 0.6) is 5.75 Å². The zero-order valence-electron chi connectivity index (χ0n) is 10.6. The Labute approximate surface area is 112 Å². The van der Waals surface area contributed by atoms with Crippen LogP contribution in [0.3, 0.4) is 0 Å². The number of rotatable bonds is 5. The molecule has 3 nitrogen and oxygen atoms in total. The van der Waals surface area contributed by atoms with E-state index in [-0.39, 0.29) is 6.04 Å². The maximum absolute atomic E-state index is 5.85. The van der Waals surface area contributed by atoms with E-state index in [0.29, 0.717) is 12.3 Å². The molecule has 0 aliphatic heterocycles. The second-order valence-electron chi connectivity index (χ2n) is 4.07. The van der Waals surface area contributed by atoms with Gasteiger partial charge in [-0.05, 0) is 37.4 Å². The Morgan fingerprint density at radius 3 is 2.89 bits per heavy atom. The summed E-state index contributed by atoms with van der Waals surface area (Å²) in [6, 6.07) is 10.3. The van der Waals surface area contributed by atoms with Gasteiger partial charge in [-0.3, -0.25) is 0 Å². The molecule has 0 bridgehead atoms. The van der Waals surface area contributed by atoms with Crippen LogP contribution in [0.25, 0.3) is 0 Å². The van der Waals surface area contributed by atoms with E-state index in [4.69, 9.17) is 10.5 Å². The average molecular weight is 262 g/mol. The third-order valence-electron chi connectivity index (χ3n) is 2.67. The molecule has 1 unspecified atom stereocenters. The van der Waals surface area contributed by atoms with Crippen molar-refractivity contribution >= 4 is 22.7 Å². The summed E-state index contributed by atoms with van der Waals surface area (Å²) in [6.07, 6.45) is 0. The highest BCUT2D eigenvalue weighted by Crippen LogP contribution is 2.29. The molecule has 1 heterocycles. The van der Waals surface area contributed by atoms with E-state index in [0.717, 1.165) is 11.4 Å². The predicted octanol–water partition coefficient (Wildman–Crippen LogP) is 3.90. The van der Waals surface area contributed by atoms with Crippen LogP contribution in [-0.4, -0.2) is 6.61 Å². The van der Waals surface area contributed by atoms with E-state index < -0.39 is 0 Å². The summed E-state index contributed by atoms with van der Waals surface area (Å²) in [5.74, 6) is 0.737. The number of nitrogen functional groups attached to an aromatic ring is 1. The summed E-state index contributed by atoms with van der Waals surface area (Å²) in [6.45, 7) is 4.71. The van der Waals surface area contributed by atoms with Crippen LogP contribution >= 0.6 is 11.3 Å². The monoisotopic (exact) mass is 262 g/mol. The highest BCUT2D eigenvalue weighted by atomic mass is 32.1. The van der Waals surface area contributed by atoms with Gasteiger partial charge in [0.2, 0.25) is 0 Å². The molecule has 0 saturated carbocycles. The fourth-order valence-electron chi connectivity index (χ4n) is 1.76. The molecular weight excluding hydrogens is 244 g/mol. The second-order valence-corrected chi connectivity index (χ2v) is 5.05. The molecule has 0 amide bonds. The number of nitrogens with two attached hydrogens (primary N) is 1. The van der Waals surface area contributed by atoms with Gasteiger partial charge in [0.1, 0.15) is 5.75 Å². The molecule has 2 aromatic rings. The van der Waals surface area contributed by atoms with Crippen molar-refractivity contribution < 1.29 is 4.74 Å². The van der Waals surface area contributed by atoms with Crippen molar-refractivity contribution in [3.63, 3.8) is 0 Å². The maximum atomic E-state index is 5.85. The van der Waals surface area contributed by atoms with Crippen LogP contribution in [0.4, 0.5) is 11.4 Å². The minimum atomic E-state index is 0.281. The van der Waals surface area contributed by atoms with Crippen LogP contribution in [0.2, 0.25) is 0 Å². The van der Waals surface area contributed by atoms with Crippen LogP contribution in [0.1, 0.15) is 24.8 Å². The van der Waals surface area contributed by atoms with Crippen molar-refractivity contribution in [1.82, 2.24) is 0 Å². The summed E-state index contributed by atoms with van der Waals surface area (Å²) in [7, 11) is 0. The summed E-state index contributed by atoms with van der Waals surface area (Å²) < 4.78 is 5.49. The second kappa shape index (κ2) is 5.78. The first kappa shape index (κ1) is 12.8. The Balaban J connectivity index is 2.12. The Morgan fingerprint density at radius 2 is 2.22 bits per heavy atom. The van der Waals surface area contributed by atoms with Crippen LogP contribution in [0, 0.1) is 0 Å². The van der Waals surface area contributed by atoms with Gasteiger partial charge in [-0.15, -0.1) is 11.3 Å². The van der Waals surface area contributed by atoms with E-state index >= 15 is 0 Å². The maximum Gasteiger partial charge on any atom is 0.144 e. The van der Waals surface area contributed by atoms with E-state index in [1.165, 1.54) is 4.88 Å². The number of hydrogen-bond donors (Lipinski definition) is 2. The van der Waals surface area contributed by atoms with E-state index in [1.54, 1.807) is 11.3 Å². The molecule has 1 aromatic carbocycles.